The molecule has 1 aliphatic rings. The van der Waals surface area contributed by atoms with Crippen LogP contribution in [-0.4, -0.2) is 79.0 Å². The van der Waals surface area contributed by atoms with Gasteiger partial charge in [0, 0.05) is 33.4 Å². The molecule has 47 heavy (non-hydrogen) atoms. The molecule has 16 heteroatoms. The van der Waals surface area contributed by atoms with Crippen molar-refractivity contribution in [2.45, 2.75) is 77.7 Å². The quantitative estimate of drug-likeness (QED) is 0.218. The van der Waals surface area contributed by atoms with E-state index in [9.17, 15) is 28.8 Å². The van der Waals surface area contributed by atoms with Gasteiger partial charge in [-0.05, 0) is 30.7 Å². The number of anilines is 2. The molecule has 0 unspecified atom stereocenters. The van der Waals surface area contributed by atoms with E-state index in [1.165, 1.54) is 6.92 Å². The van der Waals surface area contributed by atoms with E-state index in [0.717, 1.165) is 27.7 Å². The third-order valence-electron chi connectivity index (χ3n) is 6.65. The van der Waals surface area contributed by atoms with Gasteiger partial charge in [-0.2, -0.15) is 0 Å². The van der Waals surface area contributed by atoms with E-state index < -0.39 is 79.0 Å². The van der Waals surface area contributed by atoms with Crippen molar-refractivity contribution >= 4 is 70.3 Å². The van der Waals surface area contributed by atoms with Crippen molar-refractivity contribution in [3.8, 4) is 0 Å². The minimum Gasteiger partial charge on any atom is -0.463 e. The Morgan fingerprint density at radius 1 is 0.809 bits per heavy atom. The molecule has 2 aromatic rings. The normalized spacial score (nSPS) is 21.0. The topological polar surface area (TPSA) is 185 Å². The largest absolute Gasteiger partial charge is 0.463 e. The molecule has 0 aromatic heterocycles. The highest BCUT2D eigenvalue weighted by Crippen LogP contribution is 2.34. The molecule has 254 valence electrons. The fraction of sp³-hybridized carbons (Fsp3) is 0.419. The van der Waals surface area contributed by atoms with Crippen LogP contribution in [0.3, 0.4) is 0 Å². The number of carbonyl (C=O) groups is 6. The van der Waals surface area contributed by atoms with E-state index in [4.69, 9.17) is 46.9 Å². The molecule has 1 aliphatic heterocycles. The summed E-state index contributed by atoms with van der Waals surface area (Å²) in [5.41, 5.74) is 1.59. The number of hydrogen-bond acceptors (Lipinski definition) is 12. The molecule has 1 heterocycles. The molecule has 0 bridgehead atoms. The van der Waals surface area contributed by atoms with Crippen molar-refractivity contribution in [2.75, 3.05) is 11.9 Å². The summed E-state index contributed by atoms with van der Waals surface area (Å²) in [5, 5.41) is 9.06. The maximum Gasteiger partial charge on any atom is 0.305 e. The van der Waals surface area contributed by atoms with E-state index in [0.29, 0.717) is 27.0 Å². The second-order valence-corrected chi connectivity index (χ2v) is 11.3. The van der Waals surface area contributed by atoms with Gasteiger partial charge in [0.15, 0.2) is 12.2 Å². The summed E-state index contributed by atoms with van der Waals surface area (Å²) in [4.78, 5) is 74.0. The molecule has 2 amide bonds. The van der Waals surface area contributed by atoms with Crippen LogP contribution < -0.4 is 16.0 Å². The number of ether oxygens (including phenoxy) is 5. The van der Waals surface area contributed by atoms with E-state index in [1.807, 2.05) is 0 Å². The zero-order chi connectivity index (χ0) is 34.8. The van der Waals surface area contributed by atoms with Gasteiger partial charge in [-0.3, -0.25) is 28.8 Å². The van der Waals surface area contributed by atoms with Gasteiger partial charge in [-0.25, -0.2) is 0 Å². The zero-order valence-electron chi connectivity index (χ0n) is 26.2. The second kappa shape index (κ2) is 17.0. The lowest BCUT2D eigenvalue weighted by atomic mass is 9.95. The first-order valence-corrected chi connectivity index (χ1v) is 15.1. The van der Waals surface area contributed by atoms with Gasteiger partial charge in [0.25, 0.3) is 0 Å². The Morgan fingerprint density at radius 3 is 2.00 bits per heavy atom. The van der Waals surface area contributed by atoms with Crippen molar-refractivity contribution in [1.29, 1.82) is 0 Å². The Balaban J connectivity index is 1.80. The Morgan fingerprint density at radius 2 is 1.40 bits per heavy atom. The summed E-state index contributed by atoms with van der Waals surface area (Å²) in [6, 6.07) is 9.38. The summed E-state index contributed by atoms with van der Waals surface area (Å²) >= 11 is 12.6. The molecule has 2 aromatic carbocycles. The van der Waals surface area contributed by atoms with Crippen molar-refractivity contribution in [3.05, 3.63) is 58.1 Å². The zero-order valence-corrected chi connectivity index (χ0v) is 27.7. The highest BCUT2D eigenvalue weighted by atomic mass is 35.5. The van der Waals surface area contributed by atoms with Gasteiger partial charge in [-0.1, -0.05) is 47.5 Å². The summed E-state index contributed by atoms with van der Waals surface area (Å²) in [5.74, 6) is -4.44. The third-order valence-corrected chi connectivity index (χ3v) is 7.28. The van der Waals surface area contributed by atoms with Crippen LogP contribution in [0.2, 0.25) is 10.0 Å². The molecule has 6 atom stereocenters. The Hall–Kier alpha value is -4.40. The van der Waals surface area contributed by atoms with Crippen molar-refractivity contribution in [2.24, 2.45) is 0 Å². The number of halogens is 2. The maximum absolute atomic E-state index is 13.4. The van der Waals surface area contributed by atoms with Gasteiger partial charge >= 0.3 is 23.9 Å². The van der Waals surface area contributed by atoms with Crippen molar-refractivity contribution in [1.82, 2.24) is 10.6 Å². The Kier molecular flexibility index (Phi) is 13.4. The van der Waals surface area contributed by atoms with Crippen LogP contribution in [0.1, 0.15) is 40.2 Å². The Bertz CT molecular complexity index is 1480. The summed E-state index contributed by atoms with van der Waals surface area (Å²) in [7, 11) is 0. The number of esters is 4. The van der Waals surface area contributed by atoms with Gasteiger partial charge in [0.2, 0.25) is 18.1 Å². The van der Waals surface area contributed by atoms with E-state index in [-0.39, 0.29) is 6.42 Å². The van der Waals surface area contributed by atoms with Crippen LogP contribution >= 0.6 is 23.2 Å². The van der Waals surface area contributed by atoms with Gasteiger partial charge in [0.05, 0.1) is 22.2 Å². The average molecular weight is 697 g/mol. The molecule has 0 radical (unpaired) electrons. The predicted octanol–water partition coefficient (Wildman–Crippen LogP) is 2.98. The lowest BCUT2D eigenvalue weighted by molar-refractivity contribution is -0.271. The predicted molar refractivity (Wildman–Crippen MR) is 168 cm³/mol. The minimum atomic E-state index is -1.58. The monoisotopic (exact) mass is 695 g/mol. The number of benzene rings is 2. The number of para-hydroxylation sites is 2. The molecular formula is C31H35Cl2N3O11. The number of hydrogen-bond donors (Lipinski definition) is 3. The standard InChI is InChI=1S/C31H35Cl2N3O11/c1-15(34-25(41)13-20-9-6-7-12-23(20)35-26-21(32)10-8-11-22(26)33)30(42)36-27-29(45-18(4)39)28(44-17(3)38)24(14-43-16(2)37)47-31(27)46-19(5)40/h6-12,15,24,27-29,31,35H,13-14H2,1-5H3,(H,34,41)(H,36,42)/t15-,24+,27+,28+,29+,31+/m0/s1. The van der Waals surface area contributed by atoms with E-state index in [1.54, 1.807) is 42.5 Å². The lowest BCUT2D eigenvalue weighted by Crippen LogP contribution is -2.68. The average Bonchev–Trinajstić information content (AvgIpc) is 2.97. The van der Waals surface area contributed by atoms with E-state index >= 15 is 0 Å². The van der Waals surface area contributed by atoms with E-state index in [2.05, 4.69) is 16.0 Å². The Labute approximate surface area is 280 Å². The van der Waals surface area contributed by atoms with Crippen molar-refractivity contribution < 1.29 is 52.5 Å². The molecule has 14 nitrogen and oxygen atoms in total. The summed E-state index contributed by atoms with van der Waals surface area (Å²) in [6.07, 6.45) is -5.83. The van der Waals surface area contributed by atoms with Crippen LogP contribution in [-0.2, 0) is 58.9 Å². The SMILES string of the molecule is CC(=O)OC[C@H]1O[C@@H](OC(C)=O)[C@H](NC(=O)[C@H](C)NC(=O)Cc2ccccc2Nc2c(Cl)cccc2Cl)[C@@H](OC(C)=O)[C@@H]1OC(C)=O. The van der Waals surface area contributed by atoms with Gasteiger partial charge in [-0.15, -0.1) is 0 Å². The van der Waals surface area contributed by atoms with Gasteiger partial charge < -0.3 is 39.6 Å². The van der Waals surface area contributed by atoms with Crippen LogP contribution in [0.5, 0.6) is 0 Å². The number of amides is 2. The molecule has 0 saturated carbocycles. The molecule has 3 rings (SSSR count). The minimum absolute atomic E-state index is 0.145. The molecule has 1 fully saturated rings. The second-order valence-electron chi connectivity index (χ2n) is 10.5. The smallest absolute Gasteiger partial charge is 0.305 e. The first-order chi connectivity index (χ1) is 22.2. The summed E-state index contributed by atoms with van der Waals surface area (Å²) in [6.45, 7) is 5.33. The van der Waals surface area contributed by atoms with Crippen LogP contribution in [0, 0.1) is 0 Å². The van der Waals surface area contributed by atoms with Crippen LogP contribution in [0.4, 0.5) is 11.4 Å². The molecular weight excluding hydrogens is 661 g/mol. The molecule has 1 saturated heterocycles. The third kappa shape index (κ3) is 10.8. The molecule has 0 aliphatic carbocycles. The molecule has 0 spiro atoms. The fourth-order valence-corrected chi connectivity index (χ4v) is 5.18. The first-order valence-electron chi connectivity index (χ1n) is 14.3. The first kappa shape index (κ1) is 37.1. The van der Waals surface area contributed by atoms with Crippen LogP contribution in [0.15, 0.2) is 42.5 Å². The van der Waals surface area contributed by atoms with Crippen molar-refractivity contribution in [3.63, 3.8) is 0 Å². The number of nitrogens with one attached hydrogen (secondary N) is 3. The van der Waals surface area contributed by atoms with Gasteiger partial charge in [0.1, 0.15) is 24.8 Å². The highest BCUT2D eigenvalue weighted by molar-refractivity contribution is 6.39. The molecule has 3 N–H and O–H groups in total. The number of rotatable bonds is 12. The maximum atomic E-state index is 13.4. The summed E-state index contributed by atoms with van der Waals surface area (Å²) < 4.78 is 26.9. The van der Waals surface area contributed by atoms with Crippen LogP contribution in [0.25, 0.3) is 0 Å². The highest BCUT2D eigenvalue weighted by Gasteiger charge is 2.52. The number of carbonyl (C=O) groups excluding carboxylic acids is 6. The lowest BCUT2D eigenvalue weighted by Gasteiger charge is -2.44. The fourth-order valence-electron chi connectivity index (χ4n) is 4.69.